The number of nitrogens with one attached hydrogen (secondary N) is 1. The highest BCUT2D eigenvalue weighted by Gasteiger charge is 2.10. The van der Waals surface area contributed by atoms with Gasteiger partial charge in [0.1, 0.15) is 0 Å². The summed E-state index contributed by atoms with van der Waals surface area (Å²) in [5.74, 6) is -0.143. The highest BCUT2D eigenvalue weighted by Crippen LogP contribution is 2.21. The van der Waals surface area contributed by atoms with Gasteiger partial charge >= 0.3 is 0 Å². The van der Waals surface area contributed by atoms with Crippen molar-refractivity contribution in [1.82, 2.24) is 9.55 Å². The molecule has 0 saturated heterocycles. The molecule has 0 fully saturated rings. The summed E-state index contributed by atoms with van der Waals surface area (Å²) in [6, 6.07) is 4.35. The molecule has 104 valence electrons. The van der Waals surface area contributed by atoms with E-state index in [0.717, 1.165) is 0 Å². The SMILES string of the molecule is Cc1cc([N+](=O)[O-])ccc1NC(=O)CCn1ccnc1. The second-order valence-electron chi connectivity index (χ2n) is 4.36. The van der Waals surface area contributed by atoms with Crippen molar-refractivity contribution in [1.29, 1.82) is 0 Å². The molecule has 1 aromatic heterocycles. The lowest BCUT2D eigenvalue weighted by Crippen LogP contribution is -2.14. The minimum atomic E-state index is -0.461. The average Bonchev–Trinajstić information content (AvgIpc) is 2.91. The largest absolute Gasteiger partial charge is 0.337 e. The predicted molar refractivity (Wildman–Crippen MR) is 73.3 cm³/mol. The van der Waals surface area contributed by atoms with E-state index in [-0.39, 0.29) is 11.6 Å². The lowest BCUT2D eigenvalue weighted by molar-refractivity contribution is -0.384. The van der Waals surface area contributed by atoms with Crippen molar-refractivity contribution in [3.05, 3.63) is 52.6 Å². The molecule has 7 nitrogen and oxygen atoms in total. The number of aromatic nitrogens is 2. The van der Waals surface area contributed by atoms with Crippen molar-refractivity contribution in [2.75, 3.05) is 5.32 Å². The molecule has 20 heavy (non-hydrogen) atoms. The summed E-state index contributed by atoms with van der Waals surface area (Å²) in [6.07, 6.45) is 5.39. The molecule has 0 aliphatic heterocycles. The van der Waals surface area contributed by atoms with Gasteiger partial charge in [0.25, 0.3) is 5.69 Å². The number of hydrogen-bond acceptors (Lipinski definition) is 4. The van der Waals surface area contributed by atoms with Crippen molar-refractivity contribution in [2.45, 2.75) is 19.9 Å². The summed E-state index contributed by atoms with van der Waals surface area (Å²) in [5, 5.41) is 13.4. The van der Waals surface area contributed by atoms with Crippen LogP contribution in [0.5, 0.6) is 0 Å². The number of imidazole rings is 1. The van der Waals surface area contributed by atoms with E-state index in [4.69, 9.17) is 0 Å². The van der Waals surface area contributed by atoms with Crippen LogP contribution in [0.2, 0.25) is 0 Å². The van der Waals surface area contributed by atoms with Crippen LogP contribution in [0.4, 0.5) is 11.4 Å². The van der Waals surface area contributed by atoms with Crippen molar-refractivity contribution in [3.8, 4) is 0 Å². The number of amides is 1. The Kier molecular flexibility index (Phi) is 4.09. The fraction of sp³-hybridized carbons (Fsp3) is 0.231. The fourth-order valence-corrected chi connectivity index (χ4v) is 1.76. The van der Waals surface area contributed by atoms with E-state index in [9.17, 15) is 14.9 Å². The Morgan fingerprint density at radius 3 is 2.90 bits per heavy atom. The zero-order chi connectivity index (χ0) is 14.5. The normalized spacial score (nSPS) is 10.2. The highest BCUT2D eigenvalue weighted by atomic mass is 16.6. The van der Waals surface area contributed by atoms with Gasteiger partial charge in [0.05, 0.1) is 11.3 Å². The predicted octanol–water partition coefficient (Wildman–Crippen LogP) is 2.13. The van der Waals surface area contributed by atoms with Gasteiger partial charge in [-0.25, -0.2) is 4.98 Å². The Labute approximate surface area is 115 Å². The topological polar surface area (TPSA) is 90.1 Å². The van der Waals surface area contributed by atoms with E-state index in [1.807, 2.05) is 4.57 Å². The van der Waals surface area contributed by atoms with Gasteiger partial charge in [-0.3, -0.25) is 14.9 Å². The maximum atomic E-state index is 11.8. The Morgan fingerprint density at radius 2 is 2.30 bits per heavy atom. The van der Waals surface area contributed by atoms with Crippen molar-refractivity contribution < 1.29 is 9.72 Å². The average molecular weight is 274 g/mol. The van der Waals surface area contributed by atoms with Crippen LogP contribution in [0.1, 0.15) is 12.0 Å². The number of nitrogens with zero attached hydrogens (tertiary/aromatic N) is 3. The van der Waals surface area contributed by atoms with Crippen LogP contribution in [0.3, 0.4) is 0 Å². The van der Waals surface area contributed by atoms with Gasteiger partial charge in [-0.05, 0) is 18.6 Å². The quantitative estimate of drug-likeness (QED) is 0.668. The standard InChI is InChI=1S/C13H14N4O3/c1-10-8-11(17(19)20)2-3-12(10)15-13(18)4-6-16-7-5-14-9-16/h2-3,5,7-9H,4,6H2,1H3,(H,15,18). The van der Waals surface area contributed by atoms with Crippen LogP contribution in [0, 0.1) is 17.0 Å². The number of carbonyl (C=O) groups excluding carboxylic acids is 1. The summed E-state index contributed by atoms with van der Waals surface area (Å²) in [7, 11) is 0. The monoisotopic (exact) mass is 274 g/mol. The molecule has 2 rings (SSSR count). The number of rotatable bonds is 5. The third-order valence-electron chi connectivity index (χ3n) is 2.85. The molecule has 0 radical (unpaired) electrons. The van der Waals surface area contributed by atoms with Crippen LogP contribution in [0.25, 0.3) is 0 Å². The molecular formula is C13H14N4O3. The van der Waals surface area contributed by atoms with Gasteiger partial charge in [-0.2, -0.15) is 0 Å². The number of carbonyl (C=O) groups is 1. The molecule has 0 aliphatic rings. The van der Waals surface area contributed by atoms with Gasteiger partial charge < -0.3 is 9.88 Å². The molecule has 7 heteroatoms. The third kappa shape index (κ3) is 3.41. The van der Waals surface area contributed by atoms with Crippen LogP contribution in [-0.4, -0.2) is 20.4 Å². The molecule has 0 aliphatic carbocycles. The highest BCUT2D eigenvalue weighted by molar-refractivity contribution is 5.91. The number of anilines is 1. The number of nitro benzene ring substituents is 1. The maximum Gasteiger partial charge on any atom is 0.269 e. The van der Waals surface area contributed by atoms with Gasteiger partial charge in [0.15, 0.2) is 0 Å². The second kappa shape index (κ2) is 5.96. The minimum absolute atomic E-state index is 0.0129. The summed E-state index contributed by atoms with van der Waals surface area (Å²) in [5.41, 5.74) is 1.26. The first-order valence-electron chi connectivity index (χ1n) is 6.07. The number of hydrogen-bond donors (Lipinski definition) is 1. The van der Waals surface area contributed by atoms with E-state index in [0.29, 0.717) is 24.2 Å². The third-order valence-corrected chi connectivity index (χ3v) is 2.85. The minimum Gasteiger partial charge on any atom is -0.337 e. The summed E-state index contributed by atoms with van der Waals surface area (Å²) in [4.78, 5) is 25.9. The van der Waals surface area contributed by atoms with Gasteiger partial charge in [0, 0.05) is 43.2 Å². The number of aryl methyl sites for hydroxylation is 2. The zero-order valence-electron chi connectivity index (χ0n) is 10.9. The Morgan fingerprint density at radius 1 is 1.50 bits per heavy atom. The van der Waals surface area contributed by atoms with Crippen LogP contribution in [-0.2, 0) is 11.3 Å². The molecule has 0 saturated carbocycles. The second-order valence-corrected chi connectivity index (χ2v) is 4.36. The maximum absolute atomic E-state index is 11.8. The van der Waals surface area contributed by atoms with Crippen molar-refractivity contribution in [2.24, 2.45) is 0 Å². The number of nitro groups is 1. The number of benzene rings is 1. The smallest absolute Gasteiger partial charge is 0.269 e. The summed E-state index contributed by atoms with van der Waals surface area (Å²) in [6.45, 7) is 2.26. The van der Waals surface area contributed by atoms with Crippen LogP contribution in [0.15, 0.2) is 36.9 Å². The summed E-state index contributed by atoms with van der Waals surface area (Å²) >= 11 is 0. The molecule has 2 aromatic rings. The molecule has 0 spiro atoms. The van der Waals surface area contributed by atoms with Crippen molar-refractivity contribution in [3.63, 3.8) is 0 Å². The molecule has 0 bridgehead atoms. The van der Waals surface area contributed by atoms with Gasteiger partial charge in [-0.1, -0.05) is 0 Å². The zero-order valence-corrected chi connectivity index (χ0v) is 10.9. The first-order chi connectivity index (χ1) is 9.56. The van der Waals surface area contributed by atoms with E-state index in [1.54, 1.807) is 31.7 Å². The van der Waals surface area contributed by atoms with E-state index < -0.39 is 4.92 Å². The van der Waals surface area contributed by atoms with E-state index in [2.05, 4.69) is 10.3 Å². The molecule has 0 atom stereocenters. The molecule has 0 unspecified atom stereocenters. The molecule has 1 aromatic carbocycles. The molecule has 1 N–H and O–H groups in total. The van der Waals surface area contributed by atoms with E-state index >= 15 is 0 Å². The Balaban J connectivity index is 1.95. The summed E-state index contributed by atoms with van der Waals surface area (Å²) < 4.78 is 1.81. The number of non-ortho nitro benzene ring substituents is 1. The Bertz CT molecular complexity index is 623. The molecule has 1 heterocycles. The van der Waals surface area contributed by atoms with Crippen LogP contribution < -0.4 is 5.32 Å². The lowest BCUT2D eigenvalue weighted by Gasteiger charge is -2.08. The fourth-order valence-electron chi connectivity index (χ4n) is 1.76. The molecule has 1 amide bonds. The van der Waals surface area contributed by atoms with Gasteiger partial charge in [-0.15, -0.1) is 0 Å². The van der Waals surface area contributed by atoms with Crippen molar-refractivity contribution >= 4 is 17.3 Å². The lowest BCUT2D eigenvalue weighted by atomic mass is 10.1. The van der Waals surface area contributed by atoms with Gasteiger partial charge in [0.2, 0.25) is 5.91 Å². The van der Waals surface area contributed by atoms with E-state index in [1.165, 1.54) is 12.1 Å². The molecular weight excluding hydrogens is 260 g/mol. The van der Waals surface area contributed by atoms with Crippen LogP contribution >= 0.6 is 0 Å². The first-order valence-corrected chi connectivity index (χ1v) is 6.07. The first kappa shape index (κ1) is 13.7. The Hall–Kier alpha value is -2.70.